The third kappa shape index (κ3) is 3.87. The summed E-state index contributed by atoms with van der Waals surface area (Å²) < 4.78 is 6.29. The first-order valence-electron chi connectivity index (χ1n) is 11.0. The van der Waals surface area contributed by atoms with Crippen LogP contribution < -0.4 is 0 Å². The maximum atomic E-state index is 11.4. The highest BCUT2D eigenvalue weighted by molar-refractivity contribution is 6.04. The van der Waals surface area contributed by atoms with E-state index in [1.165, 1.54) is 10.5 Å². The minimum absolute atomic E-state index is 0.257. The molecule has 2 aromatic heterocycles. The fraction of sp³-hybridized carbons (Fsp3) is 0.320. The van der Waals surface area contributed by atoms with Gasteiger partial charge in [0.25, 0.3) is 0 Å². The molecule has 2 N–H and O–H groups in total. The van der Waals surface area contributed by atoms with Gasteiger partial charge in [0.2, 0.25) is 0 Å². The lowest BCUT2D eigenvalue weighted by atomic mass is 9.88. The second kappa shape index (κ2) is 8.37. The van der Waals surface area contributed by atoms with E-state index in [4.69, 9.17) is 9.25 Å². The van der Waals surface area contributed by atoms with Crippen LogP contribution in [0.2, 0.25) is 0 Å². The van der Waals surface area contributed by atoms with E-state index in [0.717, 1.165) is 40.8 Å². The number of likely N-dealkylation sites (tertiary alicyclic amines) is 1. The molecule has 0 unspecified atom stereocenters. The van der Waals surface area contributed by atoms with Crippen molar-refractivity contribution in [2.24, 2.45) is 5.16 Å². The first kappa shape index (κ1) is 21.2. The highest BCUT2D eigenvalue weighted by Crippen LogP contribution is 2.42. The van der Waals surface area contributed by atoms with Crippen LogP contribution in [0.3, 0.4) is 0 Å². The number of furan rings is 1. The number of rotatable bonds is 4. The molecule has 8 heteroatoms. The number of fused-ring (bicyclic) bond motifs is 1. The van der Waals surface area contributed by atoms with Gasteiger partial charge in [-0.1, -0.05) is 23.4 Å². The number of aromatic nitrogens is 1. The SMILES string of the molecule is CON=C1CCc2cc(-c3cc(C4(O)CCN(C(=O)O)CC4)oc3-c3ccncc3)ccc21. The molecule has 3 heterocycles. The van der Waals surface area contributed by atoms with Gasteiger partial charge in [0.05, 0.1) is 5.71 Å². The second-order valence-electron chi connectivity index (χ2n) is 8.48. The average molecular weight is 447 g/mol. The Kier molecular flexibility index (Phi) is 5.38. The van der Waals surface area contributed by atoms with Crippen molar-refractivity contribution in [1.29, 1.82) is 0 Å². The topological polar surface area (TPSA) is 108 Å². The van der Waals surface area contributed by atoms with Crippen LogP contribution in [0, 0.1) is 0 Å². The van der Waals surface area contributed by atoms with Crippen molar-refractivity contribution in [3.8, 4) is 22.5 Å². The van der Waals surface area contributed by atoms with E-state index in [0.29, 0.717) is 11.5 Å². The summed E-state index contributed by atoms with van der Waals surface area (Å²) in [6, 6.07) is 11.9. The molecular weight excluding hydrogens is 422 g/mol. The summed E-state index contributed by atoms with van der Waals surface area (Å²) in [6.07, 6.45) is 4.72. The van der Waals surface area contributed by atoms with Gasteiger partial charge >= 0.3 is 6.09 Å². The minimum atomic E-state index is -1.22. The van der Waals surface area contributed by atoms with Crippen LogP contribution in [0.15, 0.2) is 58.4 Å². The van der Waals surface area contributed by atoms with Gasteiger partial charge in [-0.05, 0) is 42.2 Å². The molecule has 5 rings (SSSR count). The second-order valence-corrected chi connectivity index (χ2v) is 8.48. The molecule has 1 amide bonds. The van der Waals surface area contributed by atoms with Gasteiger partial charge in [0.15, 0.2) is 0 Å². The standard InChI is InChI=1S/C25H25N3O5/c1-32-27-21-5-3-17-14-18(2-4-19(17)21)20-15-22(33-23(20)16-6-10-26-11-7-16)25(31)8-12-28(13-9-25)24(29)30/h2,4,6-7,10-11,14-15,31H,3,5,8-9,12-13H2,1H3,(H,29,30). The monoisotopic (exact) mass is 447 g/mol. The number of pyridine rings is 1. The Hall–Kier alpha value is -3.65. The fourth-order valence-corrected chi connectivity index (χ4v) is 4.71. The number of hydrogen-bond acceptors (Lipinski definition) is 6. The number of nitrogens with zero attached hydrogens (tertiary/aromatic N) is 3. The summed E-state index contributed by atoms with van der Waals surface area (Å²) >= 11 is 0. The molecule has 1 saturated heterocycles. The summed E-state index contributed by atoms with van der Waals surface area (Å²) in [5.41, 5.74) is 4.74. The highest BCUT2D eigenvalue weighted by atomic mass is 16.6. The fourth-order valence-electron chi connectivity index (χ4n) is 4.71. The molecule has 8 nitrogen and oxygen atoms in total. The predicted octanol–water partition coefficient (Wildman–Crippen LogP) is 4.27. The molecule has 0 bridgehead atoms. The van der Waals surface area contributed by atoms with E-state index in [1.54, 1.807) is 19.5 Å². The first-order chi connectivity index (χ1) is 16.0. The number of oxime groups is 1. The maximum absolute atomic E-state index is 11.4. The predicted molar refractivity (Wildman–Crippen MR) is 122 cm³/mol. The molecule has 33 heavy (non-hydrogen) atoms. The van der Waals surface area contributed by atoms with E-state index < -0.39 is 11.7 Å². The molecular formula is C25H25N3O5. The Bertz CT molecular complexity index is 1210. The van der Waals surface area contributed by atoms with Crippen LogP contribution in [0.1, 0.15) is 36.1 Å². The van der Waals surface area contributed by atoms with Gasteiger partial charge in [0.1, 0.15) is 24.2 Å². The molecule has 0 spiro atoms. The van der Waals surface area contributed by atoms with Gasteiger partial charge in [-0.2, -0.15) is 0 Å². The number of carboxylic acid groups (broad SMARTS) is 1. The molecule has 0 atom stereocenters. The van der Waals surface area contributed by atoms with E-state index in [1.807, 2.05) is 24.3 Å². The molecule has 1 aromatic carbocycles. The maximum Gasteiger partial charge on any atom is 0.407 e. The van der Waals surface area contributed by atoms with Crippen molar-refractivity contribution in [2.45, 2.75) is 31.3 Å². The number of hydrogen-bond donors (Lipinski definition) is 2. The average Bonchev–Trinajstić information content (AvgIpc) is 3.45. The smallest absolute Gasteiger partial charge is 0.407 e. The van der Waals surface area contributed by atoms with Crippen molar-refractivity contribution in [3.63, 3.8) is 0 Å². The summed E-state index contributed by atoms with van der Waals surface area (Å²) in [5.74, 6) is 1.11. The summed E-state index contributed by atoms with van der Waals surface area (Å²) in [7, 11) is 1.55. The molecule has 1 aliphatic carbocycles. The zero-order valence-corrected chi connectivity index (χ0v) is 18.3. The zero-order valence-electron chi connectivity index (χ0n) is 18.3. The normalized spacial score (nSPS) is 18.4. The summed E-state index contributed by atoms with van der Waals surface area (Å²) in [6.45, 7) is 0.514. The third-order valence-corrected chi connectivity index (χ3v) is 6.55. The van der Waals surface area contributed by atoms with Crippen molar-refractivity contribution in [3.05, 3.63) is 65.7 Å². The summed E-state index contributed by atoms with van der Waals surface area (Å²) in [4.78, 5) is 21.7. The van der Waals surface area contributed by atoms with Crippen LogP contribution in [0.4, 0.5) is 4.79 Å². The van der Waals surface area contributed by atoms with Crippen molar-refractivity contribution in [2.75, 3.05) is 20.2 Å². The van der Waals surface area contributed by atoms with Gasteiger partial charge in [-0.15, -0.1) is 0 Å². The Labute approximate surface area is 191 Å². The zero-order chi connectivity index (χ0) is 23.0. The van der Waals surface area contributed by atoms with E-state index in [9.17, 15) is 15.0 Å². The lowest BCUT2D eigenvalue weighted by molar-refractivity contribution is -0.0370. The quantitative estimate of drug-likeness (QED) is 0.579. The molecule has 1 fully saturated rings. The van der Waals surface area contributed by atoms with Crippen LogP contribution in [-0.2, 0) is 16.9 Å². The van der Waals surface area contributed by atoms with Crippen molar-refractivity contribution in [1.82, 2.24) is 9.88 Å². The number of piperidine rings is 1. The molecule has 3 aromatic rings. The lowest BCUT2D eigenvalue weighted by Gasteiger charge is -2.35. The van der Waals surface area contributed by atoms with E-state index in [-0.39, 0.29) is 25.9 Å². The van der Waals surface area contributed by atoms with Gasteiger partial charge in [0, 0.05) is 55.0 Å². The molecule has 0 saturated carbocycles. The lowest BCUT2D eigenvalue weighted by Crippen LogP contribution is -2.44. The van der Waals surface area contributed by atoms with Crippen LogP contribution in [-0.4, -0.2) is 52.1 Å². The molecule has 2 aliphatic rings. The minimum Gasteiger partial charge on any atom is -0.465 e. The van der Waals surface area contributed by atoms with Crippen molar-refractivity contribution < 1.29 is 24.3 Å². The van der Waals surface area contributed by atoms with Gasteiger partial charge in [-0.25, -0.2) is 4.79 Å². The van der Waals surface area contributed by atoms with Gasteiger partial charge < -0.3 is 24.4 Å². The van der Waals surface area contributed by atoms with Gasteiger partial charge in [-0.3, -0.25) is 4.98 Å². The number of amides is 1. The molecule has 170 valence electrons. The number of carbonyl (C=O) groups is 1. The number of aryl methyl sites for hydroxylation is 1. The molecule has 0 radical (unpaired) electrons. The largest absolute Gasteiger partial charge is 0.465 e. The van der Waals surface area contributed by atoms with Crippen LogP contribution in [0.25, 0.3) is 22.5 Å². The molecule has 1 aliphatic heterocycles. The summed E-state index contributed by atoms with van der Waals surface area (Å²) in [5, 5.41) is 24.8. The Morgan fingerprint density at radius 1 is 1.09 bits per heavy atom. The van der Waals surface area contributed by atoms with E-state index in [2.05, 4.69) is 22.3 Å². The third-order valence-electron chi connectivity index (χ3n) is 6.55. The number of aliphatic hydroxyl groups is 1. The Balaban J connectivity index is 1.56. The van der Waals surface area contributed by atoms with Crippen molar-refractivity contribution >= 4 is 11.8 Å². The number of benzene rings is 1. The Morgan fingerprint density at radius 3 is 2.55 bits per heavy atom. The van der Waals surface area contributed by atoms with Crippen LogP contribution >= 0.6 is 0 Å². The first-order valence-corrected chi connectivity index (χ1v) is 11.0. The van der Waals surface area contributed by atoms with Crippen LogP contribution in [0.5, 0.6) is 0 Å². The Morgan fingerprint density at radius 2 is 1.85 bits per heavy atom. The highest BCUT2D eigenvalue weighted by Gasteiger charge is 2.39. The van der Waals surface area contributed by atoms with E-state index >= 15 is 0 Å².